The zero-order valence-corrected chi connectivity index (χ0v) is 41.3. The summed E-state index contributed by atoms with van der Waals surface area (Å²) in [4.78, 5) is 0. The molecule has 0 amide bonds. The Hall–Kier alpha value is -10.6. The van der Waals surface area contributed by atoms with E-state index in [4.69, 9.17) is 0 Å². The van der Waals surface area contributed by atoms with E-state index in [0.29, 0.717) is 39.2 Å². The largest absolute Gasteiger partial charge is 0.416 e. The number of fused-ring (bicyclic) bond motifs is 14. The molecular weight excluding hydrogens is 970 g/mol. The smallest absolute Gasteiger partial charge is 0.309 e. The van der Waals surface area contributed by atoms with Gasteiger partial charge in [-0.25, -0.2) is 0 Å². The fourth-order valence-electron chi connectivity index (χ4n) is 12.6. The van der Waals surface area contributed by atoms with Crippen molar-refractivity contribution in [2.24, 2.45) is 0 Å². The third-order valence-corrected chi connectivity index (χ3v) is 15.7. The third kappa shape index (κ3) is 6.36. The van der Waals surface area contributed by atoms with Crippen LogP contribution in [0.1, 0.15) is 16.7 Å². The normalized spacial score (nSPS) is 12.0. The highest BCUT2D eigenvalue weighted by atomic mass is 19.4. The quantitative estimate of drug-likeness (QED) is 0.167. The SMILES string of the molecule is N#Cc1cc(C(F)(F)F)ccc1-c1cccc(-n2c3ccccc3c3c2ccc2c4ccccc4n(-c4ccccc4)c23)c1-c1c(C#N)cccc1-n1c2ccccc2c2c1ccc1c3ccccc3n(-c3ccccc3)c12. The van der Waals surface area contributed by atoms with E-state index in [9.17, 15) is 23.7 Å². The van der Waals surface area contributed by atoms with Gasteiger partial charge in [0.15, 0.2) is 0 Å². The zero-order valence-electron chi connectivity index (χ0n) is 41.3. The molecule has 0 atom stereocenters. The lowest BCUT2D eigenvalue weighted by Crippen LogP contribution is -2.07. The van der Waals surface area contributed by atoms with Crippen LogP contribution in [0.5, 0.6) is 0 Å². The van der Waals surface area contributed by atoms with Crippen molar-refractivity contribution >= 4 is 87.2 Å². The Morgan fingerprint density at radius 3 is 1.24 bits per heavy atom. The number of alkyl halides is 3. The standard InChI is InChI=1S/C69H39F3N6/c70-69(71,72)44-33-34-47(43(39-44)41-74)50-26-16-32-60(78-58-30-14-10-25-54(58)66-62(78)38-36-52-49-23-8-12-28-56(49)76(68(52)66)46-20-5-2-6-21-46)64(50)63-42(40-73)17-15-31-59(63)77-57-29-13-9-24-53(57)65-61(77)37-35-51-48-22-7-11-27-55(48)75(67(51)65)45-18-3-1-4-19-45/h1-39H. The predicted molar refractivity (Wildman–Crippen MR) is 309 cm³/mol. The summed E-state index contributed by atoms with van der Waals surface area (Å²) in [5.74, 6) is 0. The molecule has 0 spiro atoms. The predicted octanol–water partition coefficient (Wildman–Crippen LogP) is 18.2. The molecule has 0 aliphatic heterocycles. The van der Waals surface area contributed by atoms with E-state index in [2.05, 4.69) is 152 Å². The molecule has 366 valence electrons. The van der Waals surface area contributed by atoms with Crippen LogP contribution in [0.25, 0.3) is 132 Å². The molecule has 0 N–H and O–H groups in total. The van der Waals surface area contributed by atoms with E-state index in [1.807, 2.05) is 91.0 Å². The Kier molecular flexibility index (Phi) is 9.75. The molecule has 0 radical (unpaired) electrons. The van der Waals surface area contributed by atoms with E-state index >= 15 is 0 Å². The van der Waals surface area contributed by atoms with Crippen molar-refractivity contribution in [3.63, 3.8) is 0 Å². The van der Waals surface area contributed by atoms with Gasteiger partial charge < -0.3 is 18.3 Å². The maximum Gasteiger partial charge on any atom is 0.416 e. The topological polar surface area (TPSA) is 67.3 Å². The molecule has 6 nitrogen and oxygen atoms in total. The summed E-state index contributed by atoms with van der Waals surface area (Å²) in [5.41, 5.74) is 12.2. The lowest BCUT2D eigenvalue weighted by atomic mass is 9.87. The van der Waals surface area contributed by atoms with Gasteiger partial charge in [-0.15, -0.1) is 0 Å². The van der Waals surface area contributed by atoms with Crippen LogP contribution in [0.4, 0.5) is 13.2 Å². The van der Waals surface area contributed by atoms with Gasteiger partial charge in [0.05, 0.1) is 84.3 Å². The molecule has 4 aromatic heterocycles. The molecule has 0 saturated heterocycles. The Morgan fingerprint density at radius 1 is 0.321 bits per heavy atom. The Labute approximate surface area is 443 Å². The fraction of sp³-hybridized carbons (Fsp3) is 0.0145. The molecule has 4 heterocycles. The summed E-state index contributed by atoms with van der Waals surface area (Å²) in [5, 5.41) is 30.8. The van der Waals surface area contributed by atoms with Crippen molar-refractivity contribution < 1.29 is 13.2 Å². The van der Waals surface area contributed by atoms with Gasteiger partial charge in [0.25, 0.3) is 0 Å². The van der Waals surface area contributed by atoms with Crippen LogP contribution in [-0.4, -0.2) is 18.3 Å². The number of nitrogens with zero attached hydrogens (tertiary/aromatic N) is 6. The molecule has 0 bridgehead atoms. The van der Waals surface area contributed by atoms with Gasteiger partial charge in [-0.3, -0.25) is 0 Å². The van der Waals surface area contributed by atoms with Crippen LogP contribution in [0.3, 0.4) is 0 Å². The highest BCUT2D eigenvalue weighted by molar-refractivity contribution is 6.28. The van der Waals surface area contributed by atoms with E-state index in [-0.39, 0.29) is 5.56 Å². The van der Waals surface area contributed by atoms with Gasteiger partial charge in [-0.1, -0.05) is 146 Å². The average Bonchev–Trinajstić information content (AvgIpc) is 4.42. The summed E-state index contributed by atoms with van der Waals surface area (Å²) < 4.78 is 52.7. The molecule has 11 aromatic carbocycles. The van der Waals surface area contributed by atoms with Crippen LogP contribution in [0.15, 0.2) is 237 Å². The number of aromatic nitrogens is 4. The van der Waals surface area contributed by atoms with Crippen molar-refractivity contribution in [2.75, 3.05) is 0 Å². The Morgan fingerprint density at radius 2 is 0.756 bits per heavy atom. The molecule has 0 fully saturated rings. The fourth-order valence-corrected chi connectivity index (χ4v) is 12.6. The number of hydrogen-bond acceptors (Lipinski definition) is 2. The molecule has 15 rings (SSSR count). The molecule has 0 aliphatic carbocycles. The van der Waals surface area contributed by atoms with Crippen molar-refractivity contribution in [3.8, 4) is 57.1 Å². The summed E-state index contributed by atoms with van der Waals surface area (Å²) >= 11 is 0. The number of nitriles is 2. The van der Waals surface area contributed by atoms with E-state index in [0.717, 1.165) is 111 Å². The minimum absolute atomic E-state index is 0.150. The molecule has 0 unspecified atom stereocenters. The first-order valence-electron chi connectivity index (χ1n) is 25.6. The van der Waals surface area contributed by atoms with Crippen LogP contribution >= 0.6 is 0 Å². The molecule has 0 saturated carbocycles. The lowest BCUT2D eigenvalue weighted by Gasteiger charge is -2.23. The first kappa shape index (κ1) is 44.8. The first-order valence-corrected chi connectivity index (χ1v) is 25.6. The molecule has 9 heteroatoms. The van der Waals surface area contributed by atoms with Crippen LogP contribution in [-0.2, 0) is 6.18 Å². The van der Waals surface area contributed by atoms with E-state index < -0.39 is 11.7 Å². The van der Waals surface area contributed by atoms with Gasteiger partial charge in [-0.05, 0) is 96.6 Å². The number of rotatable bonds is 6. The number of halogens is 3. The molecule has 15 aromatic rings. The average molecular weight is 1010 g/mol. The third-order valence-electron chi connectivity index (χ3n) is 15.7. The second-order valence-electron chi connectivity index (χ2n) is 19.7. The maximum atomic E-state index is 14.5. The summed E-state index contributed by atoms with van der Waals surface area (Å²) in [6.07, 6.45) is -4.69. The van der Waals surface area contributed by atoms with Crippen molar-refractivity contribution in [2.45, 2.75) is 6.18 Å². The van der Waals surface area contributed by atoms with Gasteiger partial charge in [0.1, 0.15) is 0 Å². The molecule has 78 heavy (non-hydrogen) atoms. The zero-order chi connectivity index (χ0) is 52.4. The second-order valence-corrected chi connectivity index (χ2v) is 19.7. The van der Waals surface area contributed by atoms with Crippen molar-refractivity contribution in [1.29, 1.82) is 10.5 Å². The maximum absolute atomic E-state index is 14.5. The van der Waals surface area contributed by atoms with Crippen molar-refractivity contribution in [3.05, 3.63) is 253 Å². The second kappa shape index (κ2) is 17.0. The summed E-state index contributed by atoms with van der Waals surface area (Å²) in [7, 11) is 0. The van der Waals surface area contributed by atoms with E-state index in [1.165, 1.54) is 6.07 Å². The number of benzene rings is 11. The Balaban J connectivity index is 1.11. The van der Waals surface area contributed by atoms with E-state index in [1.54, 1.807) is 6.07 Å². The van der Waals surface area contributed by atoms with Gasteiger partial charge in [0.2, 0.25) is 0 Å². The van der Waals surface area contributed by atoms with Crippen LogP contribution in [0, 0.1) is 22.7 Å². The van der Waals surface area contributed by atoms with Gasteiger partial charge in [0, 0.05) is 71.2 Å². The minimum Gasteiger partial charge on any atom is -0.309 e. The van der Waals surface area contributed by atoms with Crippen LogP contribution < -0.4 is 0 Å². The van der Waals surface area contributed by atoms with Crippen LogP contribution in [0.2, 0.25) is 0 Å². The minimum atomic E-state index is -4.69. The lowest BCUT2D eigenvalue weighted by molar-refractivity contribution is -0.137. The molecule has 0 aliphatic rings. The Bertz CT molecular complexity index is 5100. The monoisotopic (exact) mass is 1010 g/mol. The number of hydrogen-bond donors (Lipinski definition) is 0. The number of para-hydroxylation sites is 6. The first-order chi connectivity index (χ1) is 38.3. The highest BCUT2D eigenvalue weighted by Gasteiger charge is 2.33. The van der Waals surface area contributed by atoms with Gasteiger partial charge >= 0.3 is 6.18 Å². The summed E-state index contributed by atoms with van der Waals surface area (Å²) in [6, 6.07) is 82.3. The summed E-state index contributed by atoms with van der Waals surface area (Å²) in [6.45, 7) is 0. The highest BCUT2D eigenvalue weighted by Crippen LogP contribution is 2.50. The van der Waals surface area contributed by atoms with Gasteiger partial charge in [-0.2, -0.15) is 23.7 Å². The van der Waals surface area contributed by atoms with Crippen molar-refractivity contribution in [1.82, 2.24) is 18.3 Å². The molecular formula is C69H39F3N6.